The van der Waals surface area contributed by atoms with Gasteiger partial charge in [0.15, 0.2) is 5.78 Å². The average Bonchev–Trinajstić information content (AvgIpc) is 3.33. The van der Waals surface area contributed by atoms with E-state index < -0.39 is 0 Å². The highest BCUT2D eigenvalue weighted by atomic mass is 16.1. The van der Waals surface area contributed by atoms with Gasteiger partial charge in [-0.3, -0.25) is 4.79 Å². The van der Waals surface area contributed by atoms with Crippen molar-refractivity contribution in [3.63, 3.8) is 0 Å². The standard InChI is InChI=1S/C20H22O/c1-2-3-7-18-14-19(18)15-10-12-17(13-11-15)20(21)16-8-5-4-6-9-16/h4-6,8-13,18-19H,2-3,7,14H2,1H3/t18-,19+/m0/s1. The Labute approximate surface area is 127 Å². The Balaban J connectivity index is 1.67. The molecule has 0 aliphatic heterocycles. The quantitative estimate of drug-likeness (QED) is 0.663. The van der Waals surface area contributed by atoms with Crippen molar-refractivity contribution in [2.24, 2.45) is 5.92 Å². The van der Waals surface area contributed by atoms with Crippen LogP contribution in [0.2, 0.25) is 0 Å². The van der Waals surface area contributed by atoms with Crippen LogP contribution in [0.5, 0.6) is 0 Å². The maximum Gasteiger partial charge on any atom is 0.193 e. The van der Waals surface area contributed by atoms with Gasteiger partial charge in [0.2, 0.25) is 0 Å². The van der Waals surface area contributed by atoms with E-state index in [9.17, 15) is 4.79 Å². The second kappa shape index (κ2) is 6.26. The zero-order valence-corrected chi connectivity index (χ0v) is 12.6. The number of carbonyl (C=O) groups excluding carboxylic acids is 1. The van der Waals surface area contributed by atoms with Crippen LogP contribution in [0.1, 0.15) is 60.0 Å². The van der Waals surface area contributed by atoms with Crippen molar-refractivity contribution in [1.29, 1.82) is 0 Å². The number of hydrogen-bond acceptors (Lipinski definition) is 1. The van der Waals surface area contributed by atoms with Crippen molar-refractivity contribution in [1.82, 2.24) is 0 Å². The summed E-state index contributed by atoms with van der Waals surface area (Å²) in [6.45, 7) is 2.25. The molecule has 0 spiro atoms. The van der Waals surface area contributed by atoms with Crippen molar-refractivity contribution in [3.05, 3.63) is 71.3 Å². The van der Waals surface area contributed by atoms with Gasteiger partial charge >= 0.3 is 0 Å². The topological polar surface area (TPSA) is 17.1 Å². The Morgan fingerprint density at radius 2 is 1.67 bits per heavy atom. The fourth-order valence-corrected chi connectivity index (χ4v) is 3.08. The van der Waals surface area contributed by atoms with Gasteiger partial charge in [-0.1, -0.05) is 74.4 Å². The zero-order valence-electron chi connectivity index (χ0n) is 12.6. The van der Waals surface area contributed by atoms with E-state index in [4.69, 9.17) is 0 Å². The van der Waals surface area contributed by atoms with E-state index in [1.54, 1.807) is 0 Å². The van der Waals surface area contributed by atoms with Gasteiger partial charge in [0.05, 0.1) is 0 Å². The summed E-state index contributed by atoms with van der Waals surface area (Å²) in [5, 5.41) is 0. The largest absolute Gasteiger partial charge is 0.289 e. The van der Waals surface area contributed by atoms with E-state index in [1.807, 2.05) is 42.5 Å². The van der Waals surface area contributed by atoms with Crippen LogP contribution >= 0.6 is 0 Å². The first-order valence-corrected chi connectivity index (χ1v) is 7.99. The summed E-state index contributed by atoms with van der Waals surface area (Å²) >= 11 is 0. The molecule has 0 bridgehead atoms. The summed E-state index contributed by atoms with van der Waals surface area (Å²) in [5.74, 6) is 1.72. The molecule has 0 saturated heterocycles. The number of carbonyl (C=O) groups is 1. The van der Waals surface area contributed by atoms with Gasteiger partial charge in [-0.2, -0.15) is 0 Å². The lowest BCUT2D eigenvalue weighted by molar-refractivity contribution is 0.103. The Morgan fingerprint density at radius 3 is 2.33 bits per heavy atom. The molecule has 0 amide bonds. The highest BCUT2D eigenvalue weighted by Crippen LogP contribution is 2.50. The summed E-state index contributed by atoms with van der Waals surface area (Å²) in [7, 11) is 0. The third kappa shape index (κ3) is 3.24. The molecule has 3 rings (SSSR count). The Kier molecular flexibility index (Phi) is 4.19. The van der Waals surface area contributed by atoms with Crippen molar-refractivity contribution >= 4 is 5.78 Å². The lowest BCUT2D eigenvalue weighted by atomic mass is 10.00. The van der Waals surface area contributed by atoms with E-state index in [0.717, 1.165) is 23.0 Å². The molecule has 21 heavy (non-hydrogen) atoms. The number of rotatable bonds is 6. The van der Waals surface area contributed by atoms with Gasteiger partial charge in [0, 0.05) is 11.1 Å². The Morgan fingerprint density at radius 1 is 1.00 bits per heavy atom. The predicted molar refractivity (Wildman–Crippen MR) is 86.7 cm³/mol. The molecule has 0 radical (unpaired) electrons. The summed E-state index contributed by atoms with van der Waals surface area (Å²) in [6.07, 6.45) is 5.30. The van der Waals surface area contributed by atoms with Crippen LogP contribution in [0.3, 0.4) is 0 Å². The Bertz CT molecular complexity index is 597. The van der Waals surface area contributed by atoms with Crippen molar-refractivity contribution in [2.75, 3.05) is 0 Å². The molecule has 0 heterocycles. The first-order chi connectivity index (χ1) is 10.3. The maximum atomic E-state index is 12.3. The fraction of sp³-hybridized carbons (Fsp3) is 0.350. The van der Waals surface area contributed by atoms with E-state index in [-0.39, 0.29) is 5.78 Å². The molecule has 1 saturated carbocycles. The third-order valence-electron chi connectivity index (χ3n) is 4.49. The first-order valence-electron chi connectivity index (χ1n) is 7.99. The third-order valence-corrected chi connectivity index (χ3v) is 4.49. The van der Waals surface area contributed by atoms with Crippen LogP contribution in [-0.2, 0) is 0 Å². The minimum absolute atomic E-state index is 0.112. The van der Waals surface area contributed by atoms with E-state index in [2.05, 4.69) is 19.1 Å². The summed E-state index contributed by atoms with van der Waals surface area (Å²) in [4.78, 5) is 12.3. The van der Waals surface area contributed by atoms with Gasteiger partial charge in [-0.15, -0.1) is 0 Å². The van der Waals surface area contributed by atoms with Crippen molar-refractivity contribution < 1.29 is 4.79 Å². The minimum atomic E-state index is 0.112. The summed E-state index contributed by atoms with van der Waals surface area (Å²) in [5.41, 5.74) is 2.95. The van der Waals surface area contributed by atoms with Gasteiger partial charge in [-0.25, -0.2) is 0 Å². The normalized spacial score (nSPS) is 20.2. The fourth-order valence-electron chi connectivity index (χ4n) is 3.08. The molecule has 0 N–H and O–H groups in total. The number of unbranched alkanes of at least 4 members (excludes halogenated alkanes) is 1. The highest BCUT2D eigenvalue weighted by Gasteiger charge is 2.37. The monoisotopic (exact) mass is 278 g/mol. The molecule has 2 atom stereocenters. The van der Waals surface area contributed by atoms with E-state index >= 15 is 0 Å². The molecule has 1 nitrogen and oxygen atoms in total. The molecule has 0 unspecified atom stereocenters. The molecule has 0 aromatic heterocycles. The van der Waals surface area contributed by atoms with Crippen LogP contribution in [-0.4, -0.2) is 5.78 Å². The number of ketones is 1. The second-order valence-corrected chi connectivity index (χ2v) is 6.06. The van der Waals surface area contributed by atoms with Gasteiger partial charge < -0.3 is 0 Å². The van der Waals surface area contributed by atoms with Gasteiger partial charge in [0.25, 0.3) is 0 Å². The molecule has 1 heteroatoms. The van der Waals surface area contributed by atoms with Crippen LogP contribution in [0.25, 0.3) is 0 Å². The molecular weight excluding hydrogens is 256 g/mol. The van der Waals surface area contributed by atoms with Crippen molar-refractivity contribution in [2.45, 2.75) is 38.5 Å². The highest BCUT2D eigenvalue weighted by molar-refractivity contribution is 6.08. The minimum Gasteiger partial charge on any atom is -0.289 e. The number of benzene rings is 2. The summed E-state index contributed by atoms with van der Waals surface area (Å²) in [6, 6.07) is 17.8. The smallest absolute Gasteiger partial charge is 0.193 e. The van der Waals surface area contributed by atoms with E-state index in [1.165, 1.54) is 31.2 Å². The average molecular weight is 278 g/mol. The van der Waals surface area contributed by atoms with Crippen LogP contribution in [0, 0.1) is 5.92 Å². The van der Waals surface area contributed by atoms with Gasteiger partial charge in [-0.05, 0) is 30.2 Å². The maximum absolute atomic E-state index is 12.3. The molecule has 108 valence electrons. The predicted octanol–water partition coefficient (Wildman–Crippen LogP) is 5.21. The molecule has 1 fully saturated rings. The zero-order chi connectivity index (χ0) is 14.7. The van der Waals surface area contributed by atoms with Crippen LogP contribution in [0.15, 0.2) is 54.6 Å². The first kappa shape index (κ1) is 14.1. The van der Waals surface area contributed by atoms with Crippen molar-refractivity contribution in [3.8, 4) is 0 Å². The van der Waals surface area contributed by atoms with Crippen LogP contribution < -0.4 is 0 Å². The van der Waals surface area contributed by atoms with E-state index in [0.29, 0.717) is 0 Å². The molecule has 2 aromatic carbocycles. The molecule has 1 aliphatic carbocycles. The lowest BCUT2D eigenvalue weighted by Crippen LogP contribution is -2.00. The SMILES string of the molecule is CCCC[C@H]1C[C@@H]1c1ccc(C(=O)c2ccccc2)cc1. The second-order valence-electron chi connectivity index (χ2n) is 6.06. The Hall–Kier alpha value is -1.89. The van der Waals surface area contributed by atoms with Crippen LogP contribution in [0.4, 0.5) is 0 Å². The molecular formula is C20H22O. The van der Waals surface area contributed by atoms with Gasteiger partial charge in [0.1, 0.15) is 0 Å². The molecule has 1 aliphatic rings. The lowest BCUT2D eigenvalue weighted by Gasteiger charge is -2.04. The summed E-state index contributed by atoms with van der Waals surface area (Å²) < 4.78 is 0. The number of hydrogen-bond donors (Lipinski definition) is 0. The molecule has 2 aromatic rings.